The number of nitrogens with zero attached hydrogens (tertiary/aromatic N) is 3. The first kappa shape index (κ1) is 28.8. The highest BCUT2D eigenvalue weighted by Gasteiger charge is 2.69. The summed E-state index contributed by atoms with van der Waals surface area (Å²) in [4.78, 5) is 49.8. The van der Waals surface area contributed by atoms with Crippen LogP contribution in [0.25, 0.3) is 10.9 Å². The van der Waals surface area contributed by atoms with Gasteiger partial charge in [-0.15, -0.1) is 11.3 Å². The lowest BCUT2D eigenvalue weighted by Crippen LogP contribution is -2.57. The van der Waals surface area contributed by atoms with Crippen LogP contribution in [0.1, 0.15) is 51.4 Å². The molecule has 3 heterocycles. The molecule has 2 aliphatic rings. The molecule has 0 spiro atoms. The lowest BCUT2D eigenvalue weighted by atomic mass is 9.85. The van der Waals surface area contributed by atoms with Crippen molar-refractivity contribution in [1.29, 1.82) is 5.26 Å². The average Bonchev–Trinajstić information content (AvgIpc) is 3.25. The third-order valence-electron chi connectivity index (χ3n) is 8.73. The zero-order chi connectivity index (χ0) is 29.9. The molecule has 0 radical (unpaired) electrons. The number of benzene rings is 1. The summed E-state index contributed by atoms with van der Waals surface area (Å²) in [5, 5.41) is 19.6. The van der Waals surface area contributed by atoms with E-state index in [0.717, 1.165) is 22.2 Å². The third kappa shape index (κ3) is 5.47. The van der Waals surface area contributed by atoms with E-state index in [-0.39, 0.29) is 41.0 Å². The highest BCUT2D eigenvalue weighted by molar-refractivity contribution is 7.13. The van der Waals surface area contributed by atoms with Crippen molar-refractivity contribution in [3.05, 3.63) is 56.8 Å². The van der Waals surface area contributed by atoms with Gasteiger partial charge in [-0.2, -0.15) is 5.26 Å². The standard InChI is InChI=1S/C31H38N6O3S/c1-16-8-9-22-18(10-16)11-19(26(38)35-22)12-20(13-32)34-27(39)24-23-21(31(23,6)7)14-37(24)28(40)25(30(3,4)5)36-29-33-17(2)15-41-29/h8-11,15,20-21,23-25H,12,14H2,1-7H3,(H,33,36)(H,34,39)(H,35,38)/t20?,21-,23+,24-,25+/m0/s1. The first-order valence-corrected chi connectivity index (χ1v) is 14.9. The van der Waals surface area contributed by atoms with Gasteiger partial charge < -0.3 is 20.5 Å². The van der Waals surface area contributed by atoms with Gasteiger partial charge >= 0.3 is 0 Å². The van der Waals surface area contributed by atoms with Crippen molar-refractivity contribution in [3.63, 3.8) is 0 Å². The molecule has 3 aromatic rings. The number of nitrogens with one attached hydrogen (secondary N) is 3. The van der Waals surface area contributed by atoms with E-state index in [1.807, 2.05) is 58.2 Å². The van der Waals surface area contributed by atoms with Crippen LogP contribution in [0.4, 0.5) is 5.13 Å². The number of hydrogen-bond donors (Lipinski definition) is 3. The first-order chi connectivity index (χ1) is 19.2. The summed E-state index contributed by atoms with van der Waals surface area (Å²) in [7, 11) is 0. The minimum atomic E-state index is -0.918. The van der Waals surface area contributed by atoms with E-state index in [9.17, 15) is 19.6 Å². The Morgan fingerprint density at radius 2 is 2.00 bits per heavy atom. The number of thiazole rings is 1. The van der Waals surface area contributed by atoms with Crippen LogP contribution in [0.2, 0.25) is 0 Å². The quantitative estimate of drug-likeness (QED) is 0.388. The number of aromatic nitrogens is 2. The molecule has 1 aromatic carbocycles. The average molecular weight is 575 g/mol. The number of fused-ring (bicyclic) bond motifs is 2. The first-order valence-electron chi connectivity index (χ1n) is 14.0. The number of amides is 2. The number of pyridine rings is 1. The fourth-order valence-corrected chi connectivity index (χ4v) is 7.02. The molecule has 5 atom stereocenters. The highest BCUT2D eigenvalue weighted by Crippen LogP contribution is 2.65. The van der Waals surface area contributed by atoms with Gasteiger partial charge in [-0.25, -0.2) is 4.98 Å². The molecule has 1 aliphatic heterocycles. The summed E-state index contributed by atoms with van der Waals surface area (Å²) in [6.07, 6.45) is 0.0647. The maximum absolute atomic E-state index is 14.1. The number of H-pyrrole nitrogens is 1. The van der Waals surface area contributed by atoms with Gasteiger partial charge in [0.15, 0.2) is 5.13 Å². The minimum Gasteiger partial charge on any atom is -0.349 e. The predicted molar refractivity (Wildman–Crippen MR) is 161 cm³/mol. The van der Waals surface area contributed by atoms with Gasteiger partial charge in [0.1, 0.15) is 18.1 Å². The van der Waals surface area contributed by atoms with E-state index in [2.05, 4.69) is 40.5 Å². The molecule has 2 amide bonds. The number of anilines is 1. The predicted octanol–water partition coefficient (Wildman–Crippen LogP) is 4.16. The van der Waals surface area contributed by atoms with Crippen molar-refractivity contribution >= 4 is 39.2 Å². The molecule has 0 bridgehead atoms. The van der Waals surface area contributed by atoms with Gasteiger partial charge in [0, 0.05) is 29.4 Å². The highest BCUT2D eigenvalue weighted by atomic mass is 32.1. The van der Waals surface area contributed by atoms with E-state index in [1.54, 1.807) is 11.0 Å². The number of aryl methyl sites for hydroxylation is 2. The Balaban J connectivity index is 1.37. The Bertz CT molecular complexity index is 1610. The van der Waals surface area contributed by atoms with Crippen LogP contribution in [0, 0.1) is 47.8 Å². The Kier molecular flexibility index (Phi) is 7.23. The topological polar surface area (TPSA) is 131 Å². The second kappa shape index (κ2) is 10.3. The van der Waals surface area contributed by atoms with Gasteiger partial charge in [-0.05, 0) is 60.1 Å². The van der Waals surface area contributed by atoms with E-state index < -0.39 is 23.5 Å². The molecule has 216 valence electrons. The molecule has 1 saturated heterocycles. The van der Waals surface area contributed by atoms with Crippen LogP contribution in [0.5, 0.6) is 0 Å². The van der Waals surface area contributed by atoms with Gasteiger partial charge in [0.2, 0.25) is 11.8 Å². The van der Waals surface area contributed by atoms with Gasteiger partial charge in [-0.3, -0.25) is 14.4 Å². The molecule has 3 N–H and O–H groups in total. The van der Waals surface area contributed by atoms with E-state index >= 15 is 0 Å². The second-order valence-corrected chi connectivity index (χ2v) is 14.1. The fourth-order valence-electron chi connectivity index (χ4n) is 6.30. The van der Waals surface area contributed by atoms with Crippen molar-refractivity contribution < 1.29 is 9.59 Å². The van der Waals surface area contributed by atoms with E-state index in [0.29, 0.717) is 17.2 Å². The maximum Gasteiger partial charge on any atom is 0.251 e. The summed E-state index contributed by atoms with van der Waals surface area (Å²) >= 11 is 1.45. The van der Waals surface area contributed by atoms with Crippen molar-refractivity contribution in [2.75, 3.05) is 11.9 Å². The van der Waals surface area contributed by atoms with Crippen LogP contribution in [-0.4, -0.2) is 51.4 Å². The van der Waals surface area contributed by atoms with Crippen LogP contribution >= 0.6 is 11.3 Å². The zero-order valence-corrected chi connectivity index (χ0v) is 25.5. The van der Waals surface area contributed by atoms with E-state index in [4.69, 9.17) is 0 Å². The number of rotatable bonds is 7. The summed E-state index contributed by atoms with van der Waals surface area (Å²) in [6.45, 7) is 14.6. The number of carbonyl (C=O) groups excluding carboxylic acids is 2. The van der Waals surface area contributed by atoms with E-state index in [1.165, 1.54) is 11.3 Å². The number of likely N-dealkylation sites (tertiary alicyclic amines) is 1. The summed E-state index contributed by atoms with van der Waals surface area (Å²) < 4.78 is 0. The van der Waals surface area contributed by atoms with Crippen molar-refractivity contribution in [3.8, 4) is 6.07 Å². The molecule has 2 aromatic heterocycles. The Labute approximate surface area is 244 Å². The largest absolute Gasteiger partial charge is 0.349 e. The molecular formula is C31H38N6O3S. The number of piperidine rings is 1. The van der Waals surface area contributed by atoms with Crippen LogP contribution in [0.3, 0.4) is 0 Å². The van der Waals surface area contributed by atoms with Crippen LogP contribution < -0.4 is 16.2 Å². The number of aromatic amines is 1. The molecule has 1 saturated carbocycles. The minimum absolute atomic E-state index is 0.000523. The normalized spacial score (nSPS) is 22.5. The smallest absolute Gasteiger partial charge is 0.251 e. The summed E-state index contributed by atoms with van der Waals surface area (Å²) in [6, 6.07) is 7.49. The molecule has 2 fully saturated rings. The number of carbonyl (C=O) groups is 2. The molecule has 1 aliphatic carbocycles. The van der Waals surface area contributed by atoms with Gasteiger partial charge in [0.25, 0.3) is 5.56 Å². The summed E-state index contributed by atoms with van der Waals surface area (Å²) in [5.74, 6) is -0.297. The molecule has 41 heavy (non-hydrogen) atoms. The second-order valence-electron chi connectivity index (χ2n) is 13.2. The van der Waals surface area contributed by atoms with Crippen molar-refractivity contribution in [1.82, 2.24) is 20.2 Å². The van der Waals surface area contributed by atoms with Gasteiger partial charge in [0.05, 0.1) is 11.8 Å². The SMILES string of the molecule is Cc1ccc2[nH]c(=O)c(CC(C#N)NC(=O)[C@@H]3[C@H]4[C@H](CN3C(=O)[C@@H](Nc3nc(C)cs3)C(C)(C)C)C4(C)C)cc2c1. The Morgan fingerprint density at radius 1 is 1.27 bits per heavy atom. The molecular weight excluding hydrogens is 536 g/mol. The molecule has 10 heteroatoms. The van der Waals surface area contributed by atoms with Crippen LogP contribution in [0.15, 0.2) is 34.4 Å². The third-order valence-corrected chi connectivity index (χ3v) is 9.62. The Hall–Kier alpha value is -3.71. The molecule has 9 nitrogen and oxygen atoms in total. The van der Waals surface area contributed by atoms with Crippen molar-refractivity contribution in [2.24, 2.45) is 22.7 Å². The number of hydrogen-bond acceptors (Lipinski definition) is 7. The lowest BCUT2D eigenvalue weighted by molar-refractivity contribution is -0.142. The zero-order valence-electron chi connectivity index (χ0n) is 24.7. The molecule has 1 unspecified atom stereocenters. The maximum atomic E-state index is 14.1. The fraction of sp³-hybridized carbons (Fsp3) is 0.516. The Morgan fingerprint density at radius 3 is 2.63 bits per heavy atom. The summed E-state index contributed by atoms with van der Waals surface area (Å²) in [5.41, 5.74) is 2.28. The van der Waals surface area contributed by atoms with Crippen LogP contribution in [-0.2, 0) is 16.0 Å². The molecule has 5 rings (SSSR count). The lowest BCUT2D eigenvalue weighted by Gasteiger charge is -2.37. The van der Waals surface area contributed by atoms with Crippen molar-refractivity contribution in [2.45, 2.75) is 73.0 Å². The van der Waals surface area contributed by atoms with Gasteiger partial charge in [-0.1, -0.05) is 46.2 Å². The number of nitriles is 1. The monoisotopic (exact) mass is 574 g/mol.